The second kappa shape index (κ2) is 6.19. The van der Waals surface area contributed by atoms with Crippen molar-refractivity contribution in [2.24, 2.45) is 5.41 Å². The highest BCUT2D eigenvalue weighted by Crippen LogP contribution is 2.35. The molecule has 4 rings (SSSR count). The molecule has 0 amide bonds. The third-order valence-corrected chi connectivity index (χ3v) is 5.45. The Kier molecular flexibility index (Phi) is 4.00. The number of ether oxygens (including phenoxy) is 1. The van der Waals surface area contributed by atoms with E-state index < -0.39 is 0 Å². The Morgan fingerprint density at radius 2 is 2.12 bits per heavy atom. The summed E-state index contributed by atoms with van der Waals surface area (Å²) < 4.78 is 6.30. The third kappa shape index (κ3) is 3.02. The van der Waals surface area contributed by atoms with Crippen LogP contribution in [0.25, 0.3) is 21.9 Å². The predicted octanol–water partition coefficient (Wildman–Crippen LogP) is 3.19. The van der Waals surface area contributed by atoms with Crippen molar-refractivity contribution in [2.75, 3.05) is 32.0 Å². The summed E-state index contributed by atoms with van der Waals surface area (Å²) in [5, 5.41) is 2.00. The Morgan fingerprint density at radius 3 is 2.88 bits per heavy atom. The van der Waals surface area contributed by atoms with Gasteiger partial charge in [0.2, 0.25) is 0 Å². The number of nitrogens with zero attached hydrogens (tertiary/aromatic N) is 3. The van der Waals surface area contributed by atoms with Crippen LogP contribution in [0.2, 0.25) is 0 Å². The monoisotopic (exact) mass is 339 g/mol. The van der Waals surface area contributed by atoms with E-state index in [1.807, 2.05) is 12.1 Å². The molecule has 0 unspecified atom stereocenters. The van der Waals surface area contributed by atoms with Crippen molar-refractivity contribution in [3.8, 4) is 5.75 Å². The van der Waals surface area contributed by atoms with Crippen molar-refractivity contribution in [1.82, 2.24) is 19.9 Å². The molecule has 0 spiro atoms. The topological polar surface area (TPSA) is 80.1 Å². The van der Waals surface area contributed by atoms with Gasteiger partial charge in [-0.2, -0.15) is 0 Å². The minimum absolute atomic E-state index is 0.216. The van der Waals surface area contributed by atoms with Crippen LogP contribution in [0.1, 0.15) is 26.7 Å². The molecule has 1 aliphatic heterocycles. The first-order valence-electron chi connectivity index (χ1n) is 8.95. The van der Waals surface area contributed by atoms with E-state index in [4.69, 9.17) is 10.5 Å². The lowest BCUT2D eigenvalue weighted by molar-refractivity contribution is 0.0721. The van der Waals surface area contributed by atoms with Gasteiger partial charge >= 0.3 is 0 Å². The Hall–Kier alpha value is -2.34. The number of nitrogen functional groups attached to an aromatic ring is 1. The number of aromatic nitrogens is 3. The Bertz CT molecular complexity index is 895. The average molecular weight is 339 g/mol. The van der Waals surface area contributed by atoms with E-state index in [9.17, 15) is 0 Å². The molecule has 3 aromatic rings. The van der Waals surface area contributed by atoms with Crippen molar-refractivity contribution in [3.63, 3.8) is 0 Å². The summed E-state index contributed by atoms with van der Waals surface area (Å²) in [6, 6.07) is 3.82. The number of nitrogens with two attached hydrogens (primary N) is 1. The summed E-state index contributed by atoms with van der Waals surface area (Å²) in [7, 11) is 0. The molecule has 1 saturated heterocycles. The fraction of sp³-hybridized carbons (Fsp3) is 0.474. The van der Waals surface area contributed by atoms with Crippen molar-refractivity contribution < 1.29 is 4.74 Å². The molecule has 0 radical (unpaired) electrons. The molecule has 0 atom stereocenters. The van der Waals surface area contributed by atoms with Crippen LogP contribution < -0.4 is 10.5 Å². The molecular formula is C19H25N5O. The number of aromatic amines is 1. The molecular weight excluding hydrogens is 314 g/mol. The quantitative estimate of drug-likeness (QED) is 0.763. The SMILES string of the molecule is CCN1CCC(C)(COc2ccnc3[nH]c4cnc(N)cc4c23)CC1. The number of hydrogen-bond acceptors (Lipinski definition) is 5. The normalized spacial score (nSPS) is 18.0. The number of H-pyrrole nitrogens is 1. The minimum atomic E-state index is 0.216. The third-order valence-electron chi connectivity index (χ3n) is 5.45. The van der Waals surface area contributed by atoms with Crippen LogP contribution in [0.3, 0.4) is 0 Å². The maximum atomic E-state index is 6.30. The number of anilines is 1. The predicted molar refractivity (Wildman–Crippen MR) is 101 cm³/mol. The second-order valence-corrected chi connectivity index (χ2v) is 7.35. The van der Waals surface area contributed by atoms with E-state index in [-0.39, 0.29) is 5.41 Å². The standard InChI is InChI=1S/C19H25N5O/c1-3-24-8-5-19(2,6-9-24)12-25-15-4-7-21-18-17(15)13-10-16(20)22-11-14(13)23-18/h4,7,10-11H,3,5-6,8-9,12H2,1-2H3,(H2,20,22)(H,21,23). The van der Waals surface area contributed by atoms with E-state index >= 15 is 0 Å². The van der Waals surface area contributed by atoms with Crippen LogP contribution in [0.4, 0.5) is 5.82 Å². The largest absolute Gasteiger partial charge is 0.492 e. The highest BCUT2D eigenvalue weighted by atomic mass is 16.5. The van der Waals surface area contributed by atoms with Crippen LogP contribution in [0, 0.1) is 5.41 Å². The average Bonchev–Trinajstić information content (AvgIpc) is 2.99. The van der Waals surface area contributed by atoms with Crippen LogP contribution in [0.15, 0.2) is 24.5 Å². The summed E-state index contributed by atoms with van der Waals surface area (Å²) in [4.78, 5) is 14.4. The molecule has 6 heteroatoms. The van der Waals surface area contributed by atoms with Crippen molar-refractivity contribution in [2.45, 2.75) is 26.7 Å². The highest BCUT2D eigenvalue weighted by molar-refractivity contribution is 6.09. The first-order chi connectivity index (χ1) is 12.1. The maximum Gasteiger partial charge on any atom is 0.142 e. The van der Waals surface area contributed by atoms with E-state index in [1.165, 1.54) is 12.8 Å². The molecule has 0 bridgehead atoms. The molecule has 4 heterocycles. The molecule has 132 valence electrons. The maximum absolute atomic E-state index is 6.30. The van der Waals surface area contributed by atoms with Crippen molar-refractivity contribution >= 4 is 27.8 Å². The van der Waals surface area contributed by atoms with Gasteiger partial charge in [0.15, 0.2) is 0 Å². The van der Waals surface area contributed by atoms with Gasteiger partial charge in [0, 0.05) is 17.0 Å². The van der Waals surface area contributed by atoms with Gasteiger partial charge in [0.05, 0.1) is 23.7 Å². The van der Waals surface area contributed by atoms with Crippen molar-refractivity contribution in [3.05, 3.63) is 24.5 Å². The van der Waals surface area contributed by atoms with Crippen LogP contribution in [-0.2, 0) is 0 Å². The lowest BCUT2D eigenvalue weighted by Crippen LogP contribution is -2.41. The van der Waals surface area contributed by atoms with Gasteiger partial charge < -0.3 is 20.4 Å². The van der Waals surface area contributed by atoms with Crippen LogP contribution in [-0.4, -0.2) is 46.1 Å². The van der Waals surface area contributed by atoms with Gasteiger partial charge in [-0.1, -0.05) is 13.8 Å². The van der Waals surface area contributed by atoms with Crippen molar-refractivity contribution in [1.29, 1.82) is 0 Å². The van der Waals surface area contributed by atoms with Gasteiger partial charge in [0.25, 0.3) is 0 Å². The van der Waals surface area contributed by atoms with E-state index in [1.54, 1.807) is 12.4 Å². The molecule has 0 aliphatic carbocycles. The summed E-state index contributed by atoms with van der Waals surface area (Å²) in [6.45, 7) is 8.71. The molecule has 0 saturated carbocycles. The summed E-state index contributed by atoms with van der Waals surface area (Å²) in [5.41, 5.74) is 7.82. The number of piperidine rings is 1. The molecule has 0 aromatic carbocycles. The number of hydrogen-bond donors (Lipinski definition) is 2. The van der Waals surface area contributed by atoms with Gasteiger partial charge in [-0.05, 0) is 44.6 Å². The zero-order valence-corrected chi connectivity index (χ0v) is 14.9. The molecule has 25 heavy (non-hydrogen) atoms. The summed E-state index contributed by atoms with van der Waals surface area (Å²) in [5.74, 6) is 1.36. The minimum Gasteiger partial charge on any atom is -0.492 e. The molecule has 6 nitrogen and oxygen atoms in total. The first-order valence-corrected chi connectivity index (χ1v) is 8.95. The van der Waals surface area contributed by atoms with E-state index in [0.29, 0.717) is 5.82 Å². The van der Waals surface area contributed by atoms with E-state index in [2.05, 4.69) is 33.7 Å². The Morgan fingerprint density at radius 1 is 1.32 bits per heavy atom. The smallest absolute Gasteiger partial charge is 0.142 e. The van der Waals surface area contributed by atoms with Gasteiger partial charge in [0.1, 0.15) is 17.2 Å². The number of fused-ring (bicyclic) bond motifs is 3. The fourth-order valence-electron chi connectivity index (χ4n) is 3.63. The lowest BCUT2D eigenvalue weighted by Gasteiger charge is -2.38. The Balaban J connectivity index is 1.61. The van der Waals surface area contributed by atoms with Gasteiger partial charge in [-0.25, -0.2) is 9.97 Å². The van der Waals surface area contributed by atoms with Gasteiger partial charge in [-0.3, -0.25) is 0 Å². The second-order valence-electron chi connectivity index (χ2n) is 7.35. The number of rotatable bonds is 4. The fourth-order valence-corrected chi connectivity index (χ4v) is 3.63. The lowest BCUT2D eigenvalue weighted by atomic mass is 9.81. The summed E-state index contributed by atoms with van der Waals surface area (Å²) in [6.07, 6.45) is 5.86. The molecule has 1 aliphatic rings. The summed E-state index contributed by atoms with van der Waals surface area (Å²) >= 11 is 0. The zero-order valence-electron chi connectivity index (χ0n) is 14.9. The van der Waals surface area contributed by atoms with Gasteiger partial charge in [-0.15, -0.1) is 0 Å². The zero-order chi connectivity index (χ0) is 17.4. The number of nitrogens with one attached hydrogen (secondary N) is 1. The van der Waals surface area contributed by atoms with E-state index in [0.717, 1.165) is 53.9 Å². The molecule has 3 aromatic heterocycles. The highest BCUT2D eigenvalue weighted by Gasteiger charge is 2.30. The van der Waals surface area contributed by atoms with Crippen LogP contribution in [0.5, 0.6) is 5.75 Å². The molecule has 1 fully saturated rings. The number of pyridine rings is 2. The first kappa shape index (κ1) is 16.1. The Labute approximate surface area is 147 Å². The van der Waals surface area contributed by atoms with Crippen LogP contribution >= 0.6 is 0 Å². The molecule has 3 N–H and O–H groups in total. The number of likely N-dealkylation sites (tertiary alicyclic amines) is 1.